The van der Waals surface area contributed by atoms with Gasteiger partial charge in [-0.05, 0) is 62.2 Å². The molecule has 0 radical (unpaired) electrons. The highest BCUT2D eigenvalue weighted by atomic mass is 16.2. The Morgan fingerprint density at radius 2 is 1.44 bits per heavy atom. The van der Waals surface area contributed by atoms with Crippen molar-refractivity contribution in [2.45, 2.75) is 26.8 Å². The van der Waals surface area contributed by atoms with E-state index in [1.54, 1.807) is 9.80 Å². The van der Waals surface area contributed by atoms with Gasteiger partial charge in [-0.25, -0.2) is 0 Å². The molecule has 2 amide bonds. The fraction of sp³-hybridized carbons (Fsp3) is 0.259. The molecule has 1 aliphatic rings. The summed E-state index contributed by atoms with van der Waals surface area (Å²) in [4.78, 5) is 32.7. The number of nitrogens with zero attached hydrogens (tertiary/aromatic N) is 3. The molecule has 0 N–H and O–H groups in total. The van der Waals surface area contributed by atoms with Crippen LogP contribution in [0.1, 0.15) is 28.3 Å². The Kier molecular flexibility index (Phi) is 5.74. The Balaban J connectivity index is 1.82. The number of hydrogen-bond acceptors (Lipinski definition) is 3. The first-order valence-corrected chi connectivity index (χ1v) is 10.8. The monoisotopic (exact) mass is 427 g/mol. The average Bonchev–Trinajstić information content (AvgIpc) is 2.76. The van der Waals surface area contributed by atoms with Gasteiger partial charge in [0.15, 0.2) is 0 Å². The van der Waals surface area contributed by atoms with E-state index >= 15 is 0 Å². The van der Waals surface area contributed by atoms with Crippen molar-refractivity contribution in [1.82, 2.24) is 0 Å². The predicted molar refractivity (Wildman–Crippen MR) is 130 cm³/mol. The second-order valence-electron chi connectivity index (χ2n) is 8.70. The molecule has 0 aromatic heterocycles. The first-order valence-electron chi connectivity index (χ1n) is 10.8. The highest BCUT2D eigenvalue weighted by molar-refractivity contribution is 6.14. The third kappa shape index (κ3) is 3.98. The summed E-state index contributed by atoms with van der Waals surface area (Å²) in [7, 11) is 3.96. The lowest BCUT2D eigenvalue weighted by Gasteiger charge is -2.41. The standard InChI is InChI=1S/C27H29N3O2/c1-18-6-11-23(12-7-18)29-17-25(31)30(24-15-8-19(2)16-20(24)3)26(27(29)32)21-9-13-22(14-10-21)28(4)5/h6-16,26H,17H2,1-5H3/t26-/m0/s1. The smallest absolute Gasteiger partial charge is 0.255 e. The molecule has 1 heterocycles. The molecule has 3 aromatic rings. The van der Waals surface area contributed by atoms with E-state index < -0.39 is 6.04 Å². The minimum Gasteiger partial charge on any atom is -0.378 e. The summed E-state index contributed by atoms with van der Waals surface area (Å²) in [5, 5.41) is 0. The van der Waals surface area contributed by atoms with Gasteiger partial charge >= 0.3 is 0 Å². The van der Waals surface area contributed by atoms with Gasteiger partial charge in [0.1, 0.15) is 12.6 Å². The van der Waals surface area contributed by atoms with Gasteiger partial charge in [0.05, 0.1) is 0 Å². The Hall–Kier alpha value is -3.60. The van der Waals surface area contributed by atoms with Crippen molar-refractivity contribution in [3.05, 3.63) is 89.0 Å². The largest absolute Gasteiger partial charge is 0.378 e. The topological polar surface area (TPSA) is 43.9 Å². The van der Waals surface area contributed by atoms with Crippen molar-refractivity contribution in [1.29, 1.82) is 0 Å². The number of aryl methyl sites for hydroxylation is 3. The van der Waals surface area contributed by atoms with Crippen LogP contribution in [0.3, 0.4) is 0 Å². The van der Waals surface area contributed by atoms with E-state index in [9.17, 15) is 9.59 Å². The van der Waals surface area contributed by atoms with E-state index in [4.69, 9.17) is 0 Å². The molecule has 32 heavy (non-hydrogen) atoms. The molecule has 1 saturated heterocycles. The Morgan fingerprint density at radius 3 is 2.03 bits per heavy atom. The van der Waals surface area contributed by atoms with Crippen LogP contribution in [0.5, 0.6) is 0 Å². The SMILES string of the molecule is Cc1ccc(N2CC(=O)N(c3ccc(C)cc3C)[C@@H](c3ccc(N(C)C)cc3)C2=O)cc1. The Bertz CT molecular complexity index is 1150. The van der Waals surface area contributed by atoms with E-state index in [2.05, 4.69) is 0 Å². The fourth-order valence-electron chi connectivity index (χ4n) is 4.23. The maximum absolute atomic E-state index is 13.9. The van der Waals surface area contributed by atoms with Gasteiger partial charge in [0, 0.05) is 31.2 Å². The first-order chi connectivity index (χ1) is 15.3. The molecular weight excluding hydrogens is 398 g/mol. The Morgan fingerprint density at radius 1 is 0.812 bits per heavy atom. The van der Waals surface area contributed by atoms with Crippen molar-refractivity contribution < 1.29 is 9.59 Å². The maximum Gasteiger partial charge on any atom is 0.255 e. The molecule has 0 saturated carbocycles. The van der Waals surface area contributed by atoms with Gasteiger partial charge in [-0.1, -0.05) is 47.5 Å². The number of carbonyl (C=O) groups excluding carboxylic acids is 2. The number of rotatable bonds is 4. The molecule has 0 bridgehead atoms. The van der Waals surface area contributed by atoms with Crippen molar-refractivity contribution in [3.63, 3.8) is 0 Å². The molecule has 1 aliphatic heterocycles. The lowest BCUT2D eigenvalue weighted by atomic mass is 9.97. The number of piperazine rings is 1. The summed E-state index contributed by atoms with van der Waals surface area (Å²) in [6.45, 7) is 6.03. The third-order valence-corrected chi connectivity index (χ3v) is 6.00. The minimum absolute atomic E-state index is 0.0154. The molecular formula is C27H29N3O2. The number of anilines is 3. The molecule has 3 aromatic carbocycles. The lowest BCUT2D eigenvalue weighted by molar-refractivity contribution is -0.128. The Labute approximate surface area is 189 Å². The van der Waals surface area contributed by atoms with E-state index in [0.29, 0.717) is 0 Å². The van der Waals surface area contributed by atoms with Gasteiger partial charge in [-0.15, -0.1) is 0 Å². The lowest BCUT2D eigenvalue weighted by Crippen LogP contribution is -2.56. The highest BCUT2D eigenvalue weighted by Gasteiger charge is 2.42. The first kappa shape index (κ1) is 21.6. The summed E-state index contributed by atoms with van der Waals surface area (Å²) in [6.07, 6.45) is 0. The second kappa shape index (κ2) is 8.50. The van der Waals surface area contributed by atoms with Gasteiger partial charge < -0.3 is 9.80 Å². The number of carbonyl (C=O) groups is 2. The summed E-state index contributed by atoms with van der Waals surface area (Å²) in [6, 6.07) is 20.8. The van der Waals surface area contributed by atoms with E-state index in [0.717, 1.165) is 39.3 Å². The van der Waals surface area contributed by atoms with Crippen LogP contribution < -0.4 is 14.7 Å². The third-order valence-electron chi connectivity index (χ3n) is 6.00. The normalized spacial score (nSPS) is 16.5. The van der Waals surface area contributed by atoms with E-state index in [1.807, 2.05) is 106 Å². The average molecular weight is 428 g/mol. The van der Waals surface area contributed by atoms with E-state index in [1.165, 1.54) is 0 Å². The number of amides is 2. The highest BCUT2D eigenvalue weighted by Crippen LogP contribution is 2.36. The van der Waals surface area contributed by atoms with Crippen LogP contribution in [0.4, 0.5) is 17.1 Å². The summed E-state index contributed by atoms with van der Waals surface area (Å²) < 4.78 is 0. The van der Waals surface area contributed by atoms with Crippen molar-refractivity contribution in [2.24, 2.45) is 0 Å². The van der Waals surface area contributed by atoms with Gasteiger partial charge in [-0.2, -0.15) is 0 Å². The second-order valence-corrected chi connectivity index (χ2v) is 8.70. The summed E-state index contributed by atoms with van der Waals surface area (Å²) in [5.74, 6) is -0.204. The van der Waals surface area contributed by atoms with Gasteiger partial charge in [0.2, 0.25) is 5.91 Å². The molecule has 4 rings (SSSR count). The maximum atomic E-state index is 13.9. The van der Waals surface area contributed by atoms with Crippen LogP contribution in [-0.4, -0.2) is 32.5 Å². The molecule has 0 unspecified atom stereocenters. The van der Waals surface area contributed by atoms with Gasteiger partial charge in [-0.3, -0.25) is 14.5 Å². The zero-order chi connectivity index (χ0) is 23.0. The van der Waals surface area contributed by atoms with E-state index in [-0.39, 0.29) is 18.4 Å². The van der Waals surface area contributed by atoms with Crippen LogP contribution in [0.15, 0.2) is 66.7 Å². The summed E-state index contributed by atoms with van der Waals surface area (Å²) >= 11 is 0. The van der Waals surface area contributed by atoms with Crippen LogP contribution in [-0.2, 0) is 9.59 Å². The molecule has 1 atom stereocenters. The van der Waals surface area contributed by atoms with Crippen molar-refractivity contribution >= 4 is 28.9 Å². The summed E-state index contributed by atoms with van der Waals surface area (Å²) in [5.41, 5.74) is 6.56. The molecule has 0 aliphatic carbocycles. The zero-order valence-corrected chi connectivity index (χ0v) is 19.3. The van der Waals surface area contributed by atoms with Crippen LogP contribution in [0.25, 0.3) is 0 Å². The molecule has 5 heteroatoms. The number of hydrogen-bond donors (Lipinski definition) is 0. The van der Waals surface area contributed by atoms with Gasteiger partial charge in [0.25, 0.3) is 5.91 Å². The zero-order valence-electron chi connectivity index (χ0n) is 19.3. The number of benzene rings is 3. The van der Waals surface area contributed by atoms with Crippen molar-refractivity contribution in [3.8, 4) is 0 Å². The quantitative estimate of drug-likeness (QED) is 0.601. The fourth-order valence-corrected chi connectivity index (χ4v) is 4.23. The molecule has 164 valence electrons. The van der Waals surface area contributed by atoms with Crippen LogP contribution in [0.2, 0.25) is 0 Å². The minimum atomic E-state index is -0.727. The molecule has 0 spiro atoms. The molecule has 1 fully saturated rings. The predicted octanol–water partition coefficient (Wildman–Crippen LogP) is 4.80. The van der Waals surface area contributed by atoms with Crippen molar-refractivity contribution in [2.75, 3.05) is 35.3 Å². The van der Waals surface area contributed by atoms with Crippen LogP contribution in [0, 0.1) is 20.8 Å². The molecule has 5 nitrogen and oxygen atoms in total. The van der Waals surface area contributed by atoms with Crippen LogP contribution >= 0.6 is 0 Å².